The molecule has 2 saturated carbocycles. The van der Waals surface area contributed by atoms with Crippen LogP contribution in [0, 0.1) is 11.8 Å². The number of imidazole rings is 1. The normalized spacial score (nSPS) is 34.7. The van der Waals surface area contributed by atoms with Crippen molar-refractivity contribution in [2.45, 2.75) is 56.3 Å². The molecule has 3 aromatic heterocycles. The van der Waals surface area contributed by atoms with Gasteiger partial charge in [-0.25, -0.2) is 19.6 Å². The monoisotopic (exact) mass is 427 g/mol. The summed E-state index contributed by atoms with van der Waals surface area (Å²) in [4.78, 5) is 13.6. The summed E-state index contributed by atoms with van der Waals surface area (Å²) in [7, 11) is 0. The van der Waals surface area contributed by atoms with E-state index in [4.69, 9.17) is 9.72 Å². The topological polar surface area (TPSA) is 143 Å². The minimum absolute atomic E-state index is 0.365. The van der Waals surface area contributed by atoms with Gasteiger partial charge in [0.05, 0.1) is 6.61 Å². The molecule has 164 valence electrons. The molecule has 0 radical (unpaired) electrons. The Morgan fingerprint density at radius 2 is 2.06 bits per heavy atom. The van der Waals surface area contributed by atoms with E-state index < -0.39 is 31.1 Å². The summed E-state index contributed by atoms with van der Waals surface area (Å²) in [6.07, 6.45) is 5.39. The summed E-state index contributed by atoms with van der Waals surface area (Å²) < 4.78 is 8.95. The van der Waals surface area contributed by atoms with E-state index in [0.717, 1.165) is 12.3 Å². The lowest BCUT2D eigenvalue weighted by Gasteiger charge is -2.23. The molecular formula is C20H25N7O4. The average molecular weight is 427 g/mol. The molecule has 11 nitrogen and oxygen atoms in total. The Hall–Kier alpha value is -2.60. The summed E-state index contributed by atoms with van der Waals surface area (Å²) in [6, 6.07) is 2.13. The van der Waals surface area contributed by atoms with Gasteiger partial charge in [0.25, 0.3) is 0 Å². The van der Waals surface area contributed by atoms with E-state index >= 15 is 0 Å². The number of aliphatic hydroxyl groups excluding tert-OH is 3. The molecule has 1 saturated heterocycles. The first-order chi connectivity index (χ1) is 15.1. The largest absolute Gasteiger partial charge is 0.394 e. The molecular weight excluding hydrogens is 402 g/mol. The highest BCUT2D eigenvalue weighted by Gasteiger charge is 2.45. The van der Waals surface area contributed by atoms with Crippen LogP contribution in [-0.4, -0.2) is 75.6 Å². The Labute approximate surface area is 177 Å². The Bertz CT molecular complexity index is 1090. The SMILES string of the molecule is OC[C@H]1OC(n2c(-n3cccn3)nc3c(NC4CC5CCC4C5)ncnc32)[C@H](O)[C@@H]1O. The number of rotatable bonds is 5. The summed E-state index contributed by atoms with van der Waals surface area (Å²) in [6.45, 7) is -0.412. The minimum atomic E-state index is -1.26. The van der Waals surface area contributed by atoms with Crippen LogP contribution >= 0.6 is 0 Å². The number of hydrogen-bond acceptors (Lipinski definition) is 9. The van der Waals surface area contributed by atoms with Crippen molar-refractivity contribution in [3.8, 4) is 5.95 Å². The van der Waals surface area contributed by atoms with Gasteiger partial charge >= 0.3 is 0 Å². The average Bonchev–Trinajstić information content (AvgIpc) is 3.58. The quantitative estimate of drug-likeness (QED) is 0.450. The zero-order valence-corrected chi connectivity index (χ0v) is 16.8. The van der Waals surface area contributed by atoms with Crippen LogP contribution in [0.5, 0.6) is 0 Å². The number of hydrogen-bond donors (Lipinski definition) is 4. The fourth-order valence-electron chi connectivity index (χ4n) is 5.48. The Balaban J connectivity index is 1.45. The fraction of sp³-hybridized carbons (Fsp3) is 0.600. The summed E-state index contributed by atoms with van der Waals surface area (Å²) in [5, 5.41) is 38.3. The molecule has 3 aliphatic rings. The van der Waals surface area contributed by atoms with Gasteiger partial charge in [-0.15, -0.1) is 0 Å². The van der Waals surface area contributed by atoms with E-state index in [-0.39, 0.29) is 0 Å². The second-order valence-electron chi connectivity index (χ2n) is 8.78. The summed E-state index contributed by atoms with van der Waals surface area (Å²) in [5.41, 5.74) is 1.01. The van der Waals surface area contributed by atoms with Crippen LogP contribution in [0.4, 0.5) is 5.82 Å². The summed E-state index contributed by atoms with van der Waals surface area (Å²) in [5.74, 6) is 2.46. The third-order valence-corrected chi connectivity index (χ3v) is 7.00. The second kappa shape index (κ2) is 7.23. The summed E-state index contributed by atoms with van der Waals surface area (Å²) >= 11 is 0. The number of aliphatic hydroxyl groups is 3. The first-order valence-electron chi connectivity index (χ1n) is 10.8. The van der Waals surface area contributed by atoms with Crippen molar-refractivity contribution < 1.29 is 20.1 Å². The smallest absolute Gasteiger partial charge is 0.235 e. The molecule has 4 N–H and O–H groups in total. The maximum absolute atomic E-state index is 10.7. The van der Waals surface area contributed by atoms with Crippen LogP contribution in [0.15, 0.2) is 24.8 Å². The second-order valence-corrected chi connectivity index (χ2v) is 8.78. The van der Waals surface area contributed by atoms with Crippen molar-refractivity contribution in [3.63, 3.8) is 0 Å². The number of nitrogens with zero attached hydrogens (tertiary/aromatic N) is 6. The highest BCUT2D eigenvalue weighted by molar-refractivity contribution is 5.84. The zero-order valence-electron chi connectivity index (χ0n) is 16.8. The van der Waals surface area contributed by atoms with Crippen LogP contribution in [-0.2, 0) is 4.74 Å². The van der Waals surface area contributed by atoms with Crippen LogP contribution in [0.3, 0.4) is 0 Å². The Morgan fingerprint density at radius 3 is 2.74 bits per heavy atom. The zero-order chi connectivity index (χ0) is 21.1. The predicted molar refractivity (Wildman–Crippen MR) is 108 cm³/mol. The minimum Gasteiger partial charge on any atom is -0.394 e. The van der Waals surface area contributed by atoms with Crippen LogP contribution in [0.25, 0.3) is 17.1 Å². The first-order valence-corrected chi connectivity index (χ1v) is 10.8. The van der Waals surface area contributed by atoms with Gasteiger partial charge < -0.3 is 25.4 Å². The van der Waals surface area contributed by atoms with Crippen molar-refractivity contribution in [1.29, 1.82) is 0 Å². The van der Waals surface area contributed by atoms with Gasteiger partial charge in [0.15, 0.2) is 23.2 Å². The molecule has 4 unspecified atom stereocenters. The van der Waals surface area contributed by atoms with Crippen molar-refractivity contribution in [1.82, 2.24) is 29.3 Å². The number of fused-ring (bicyclic) bond motifs is 3. The number of ether oxygens (including phenoxy) is 1. The van der Waals surface area contributed by atoms with Crippen LogP contribution < -0.4 is 5.32 Å². The van der Waals surface area contributed by atoms with E-state index in [1.807, 2.05) is 0 Å². The molecule has 11 heteroatoms. The van der Waals surface area contributed by atoms with Gasteiger partial charge in [-0.05, 0) is 37.2 Å². The van der Waals surface area contributed by atoms with Gasteiger partial charge in [0.2, 0.25) is 5.95 Å². The molecule has 0 aromatic carbocycles. The van der Waals surface area contributed by atoms with Gasteiger partial charge in [-0.3, -0.25) is 4.57 Å². The molecule has 2 bridgehead atoms. The molecule has 3 fully saturated rings. The van der Waals surface area contributed by atoms with E-state index in [9.17, 15) is 15.3 Å². The third kappa shape index (κ3) is 2.95. The van der Waals surface area contributed by atoms with E-state index in [1.165, 1.54) is 25.6 Å². The molecule has 7 atom stereocenters. The van der Waals surface area contributed by atoms with Crippen LogP contribution in [0.2, 0.25) is 0 Å². The van der Waals surface area contributed by atoms with E-state index in [1.54, 1.807) is 27.7 Å². The Kier molecular flexibility index (Phi) is 4.46. The molecule has 6 rings (SSSR count). The predicted octanol–water partition coefficient (Wildman–Crippen LogP) is 0.224. The van der Waals surface area contributed by atoms with Gasteiger partial charge in [0.1, 0.15) is 24.6 Å². The van der Waals surface area contributed by atoms with Crippen molar-refractivity contribution >= 4 is 17.0 Å². The van der Waals surface area contributed by atoms with E-state index in [2.05, 4.69) is 20.4 Å². The first kappa shape index (κ1) is 19.1. The molecule has 2 aliphatic carbocycles. The number of nitrogens with one attached hydrogen (secondary N) is 1. The lowest BCUT2D eigenvalue weighted by atomic mass is 9.95. The van der Waals surface area contributed by atoms with Gasteiger partial charge in [0, 0.05) is 18.4 Å². The number of aromatic nitrogens is 6. The highest BCUT2D eigenvalue weighted by atomic mass is 16.6. The molecule has 0 amide bonds. The number of anilines is 1. The molecule has 1 aliphatic heterocycles. The van der Waals surface area contributed by atoms with Gasteiger partial charge in [-0.1, -0.05) is 6.42 Å². The molecule has 31 heavy (non-hydrogen) atoms. The maximum atomic E-state index is 10.7. The third-order valence-electron chi connectivity index (χ3n) is 7.00. The standard InChI is InChI=1S/C20H25N7O4/c28-8-13-15(29)16(30)19(31-13)27-18-14(25-20(27)26-5-1-4-23-26)17(21-9-22-18)24-12-7-10-2-3-11(12)6-10/h1,4-5,9-13,15-16,19,28-30H,2-3,6-8H2,(H,21,22,24)/t10?,11?,12?,13-,15-,16-,19?/m1/s1. The van der Waals surface area contributed by atoms with Crippen molar-refractivity contribution in [3.05, 3.63) is 24.8 Å². The Morgan fingerprint density at radius 1 is 1.16 bits per heavy atom. The molecule has 4 heterocycles. The van der Waals surface area contributed by atoms with Crippen LogP contribution in [0.1, 0.15) is 31.9 Å². The maximum Gasteiger partial charge on any atom is 0.235 e. The lowest BCUT2D eigenvalue weighted by molar-refractivity contribution is -0.0511. The highest BCUT2D eigenvalue weighted by Crippen LogP contribution is 2.46. The van der Waals surface area contributed by atoms with E-state index in [0.29, 0.717) is 34.9 Å². The molecule has 3 aromatic rings. The molecule has 0 spiro atoms. The van der Waals surface area contributed by atoms with Crippen molar-refractivity contribution in [2.75, 3.05) is 11.9 Å². The van der Waals surface area contributed by atoms with Crippen molar-refractivity contribution in [2.24, 2.45) is 11.8 Å². The lowest BCUT2D eigenvalue weighted by Crippen LogP contribution is -2.33. The fourth-order valence-corrected chi connectivity index (χ4v) is 5.48. The van der Waals surface area contributed by atoms with Gasteiger partial charge in [-0.2, -0.15) is 5.10 Å².